The van der Waals surface area contributed by atoms with Crippen LogP contribution in [0.2, 0.25) is 0 Å². The van der Waals surface area contributed by atoms with E-state index in [-0.39, 0.29) is 6.54 Å². The number of hydrogen-bond acceptors (Lipinski definition) is 3. The van der Waals surface area contributed by atoms with Crippen molar-refractivity contribution in [3.8, 4) is 0 Å². The fourth-order valence-electron chi connectivity index (χ4n) is 2.92. The molecule has 5 heteroatoms. The first-order chi connectivity index (χ1) is 9.55. The second-order valence-electron chi connectivity index (χ2n) is 5.60. The predicted molar refractivity (Wildman–Crippen MR) is 80.7 cm³/mol. The lowest BCUT2D eigenvalue weighted by Gasteiger charge is -2.27. The molecular formula is C15H24N2O2S. The summed E-state index contributed by atoms with van der Waals surface area (Å²) in [5, 5.41) is 0. The third kappa shape index (κ3) is 3.40. The Morgan fingerprint density at radius 3 is 2.50 bits per heavy atom. The molecule has 0 heterocycles. The van der Waals surface area contributed by atoms with Gasteiger partial charge in [0.05, 0.1) is 4.90 Å². The molecule has 0 radical (unpaired) electrons. The molecule has 0 unspecified atom stereocenters. The molecule has 0 aromatic heterocycles. The lowest BCUT2D eigenvalue weighted by Crippen LogP contribution is -2.33. The van der Waals surface area contributed by atoms with Crippen LogP contribution in [-0.4, -0.2) is 26.3 Å². The fourth-order valence-corrected chi connectivity index (χ4v) is 4.40. The summed E-state index contributed by atoms with van der Waals surface area (Å²) in [5.41, 5.74) is 6.33. The Bertz CT molecular complexity index is 537. The van der Waals surface area contributed by atoms with Crippen LogP contribution in [0.5, 0.6) is 0 Å². The monoisotopic (exact) mass is 296 g/mol. The van der Waals surface area contributed by atoms with Crippen LogP contribution < -0.4 is 5.73 Å². The largest absolute Gasteiger partial charge is 0.326 e. The molecule has 1 aromatic carbocycles. The van der Waals surface area contributed by atoms with Crippen molar-refractivity contribution in [1.29, 1.82) is 0 Å². The van der Waals surface area contributed by atoms with E-state index in [0.717, 1.165) is 12.8 Å². The van der Waals surface area contributed by atoms with Crippen molar-refractivity contribution in [3.63, 3.8) is 0 Å². The highest BCUT2D eigenvalue weighted by molar-refractivity contribution is 7.89. The van der Waals surface area contributed by atoms with E-state index in [9.17, 15) is 8.42 Å². The number of rotatable bonds is 5. The minimum absolute atomic E-state index is 0.243. The molecule has 0 atom stereocenters. The quantitative estimate of drug-likeness (QED) is 0.907. The smallest absolute Gasteiger partial charge is 0.243 e. The number of hydrogen-bond donors (Lipinski definition) is 1. The van der Waals surface area contributed by atoms with Crippen LogP contribution in [0, 0.1) is 5.92 Å². The molecule has 0 amide bonds. The average molecular weight is 296 g/mol. The molecule has 2 rings (SSSR count). The van der Waals surface area contributed by atoms with E-state index in [0.29, 0.717) is 22.9 Å². The second-order valence-corrected chi connectivity index (χ2v) is 7.61. The summed E-state index contributed by atoms with van der Waals surface area (Å²) < 4.78 is 26.8. The standard InChI is InChI=1S/C15H24N2O2S/c1-17(12-13-7-3-2-4-8-13)20(18,19)15-10-6-5-9-14(15)11-16/h5-6,9-10,13H,2-4,7-8,11-12,16H2,1H3. The molecule has 1 aliphatic rings. The van der Waals surface area contributed by atoms with Gasteiger partial charge in [0.1, 0.15) is 0 Å². The molecule has 112 valence electrons. The van der Waals surface area contributed by atoms with Gasteiger partial charge in [-0.15, -0.1) is 0 Å². The number of nitrogens with zero attached hydrogens (tertiary/aromatic N) is 1. The van der Waals surface area contributed by atoms with Crippen molar-refractivity contribution in [3.05, 3.63) is 29.8 Å². The lowest BCUT2D eigenvalue weighted by molar-refractivity contribution is 0.300. The van der Waals surface area contributed by atoms with Crippen molar-refractivity contribution in [1.82, 2.24) is 4.31 Å². The molecular weight excluding hydrogens is 272 g/mol. The molecule has 20 heavy (non-hydrogen) atoms. The molecule has 1 aliphatic carbocycles. The predicted octanol–water partition coefficient (Wildman–Crippen LogP) is 2.35. The van der Waals surface area contributed by atoms with Crippen molar-refractivity contribution in [2.45, 2.75) is 43.5 Å². The van der Waals surface area contributed by atoms with Gasteiger partial charge in [0.25, 0.3) is 0 Å². The van der Waals surface area contributed by atoms with Crippen LogP contribution in [0.25, 0.3) is 0 Å². The molecule has 0 saturated heterocycles. The molecule has 2 N–H and O–H groups in total. The van der Waals surface area contributed by atoms with Gasteiger partial charge < -0.3 is 5.73 Å². The summed E-state index contributed by atoms with van der Waals surface area (Å²) in [6.07, 6.45) is 6.00. The Morgan fingerprint density at radius 2 is 1.85 bits per heavy atom. The molecule has 1 saturated carbocycles. The zero-order valence-corrected chi connectivity index (χ0v) is 12.9. The fraction of sp³-hybridized carbons (Fsp3) is 0.600. The summed E-state index contributed by atoms with van der Waals surface area (Å²) in [7, 11) is -1.75. The SMILES string of the molecule is CN(CC1CCCCC1)S(=O)(=O)c1ccccc1CN. The molecule has 0 spiro atoms. The first-order valence-corrected chi connectivity index (χ1v) is 8.74. The van der Waals surface area contributed by atoms with Crippen molar-refractivity contribution >= 4 is 10.0 Å². The van der Waals surface area contributed by atoms with Gasteiger partial charge in [-0.3, -0.25) is 0 Å². The van der Waals surface area contributed by atoms with Gasteiger partial charge in [0, 0.05) is 20.1 Å². The number of sulfonamides is 1. The van der Waals surface area contributed by atoms with E-state index < -0.39 is 10.0 Å². The Balaban J connectivity index is 2.16. The summed E-state index contributed by atoms with van der Waals surface area (Å²) >= 11 is 0. The first kappa shape index (κ1) is 15.5. The zero-order chi connectivity index (χ0) is 14.6. The molecule has 4 nitrogen and oxygen atoms in total. The number of benzene rings is 1. The van der Waals surface area contributed by atoms with Crippen molar-refractivity contribution in [2.75, 3.05) is 13.6 Å². The van der Waals surface area contributed by atoms with Gasteiger partial charge in [-0.05, 0) is 30.4 Å². The highest BCUT2D eigenvalue weighted by atomic mass is 32.2. The maximum atomic E-state index is 12.7. The van der Waals surface area contributed by atoms with E-state index in [1.807, 2.05) is 6.07 Å². The van der Waals surface area contributed by atoms with Crippen molar-refractivity contribution in [2.24, 2.45) is 11.7 Å². The second kappa shape index (κ2) is 6.70. The van der Waals surface area contributed by atoms with Gasteiger partial charge in [0.2, 0.25) is 10.0 Å². The first-order valence-electron chi connectivity index (χ1n) is 7.30. The molecule has 1 aromatic rings. The topological polar surface area (TPSA) is 63.4 Å². The summed E-state index contributed by atoms with van der Waals surface area (Å²) in [6.45, 7) is 0.855. The van der Waals surface area contributed by atoms with E-state index in [1.165, 1.54) is 23.6 Å². The van der Waals surface area contributed by atoms with Gasteiger partial charge in [0.15, 0.2) is 0 Å². The van der Waals surface area contributed by atoms with Gasteiger partial charge in [-0.25, -0.2) is 12.7 Å². The van der Waals surface area contributed by atoms with E-state index >= 15 is 0 Å². The lowest BCUT2D eigenvalue weighted by atomic mass is 9.89. The Labute approximate surface area is 122 Å². The van der Waals surface area contributed by atoms with Crippen LogP contribution in [0.1, 0.15) is 37.7 Å². The summed E-state index contributed by atoms with van der Waals surface area (Å²) in [5.74, 6) is 0.494. The summed E-state index contributed by atoms with van der Waals surface area (Å²) in [4.78, 5) is 0.348. The zero-order valence-electron chi connectivity index (χ0n) is 12.1. The highest BCUT2D eigenvalue weighted by Gasteiger charge is 2.26. The highest BCUT2D eigenvalue weighted by Crippen LogP contribution is 2.26. The Morgan fingerprint density at radius 1 is 1.20 bits per heavy atom. The third-order valence-electron chi connectivity index (χ3n) is 4.12. The van der Waals surface area contributed by atoms with E-state index in [2.05, 4.69) is 0 Å². The molecule has 1 fully saturated rings. The van der Waals surface area contributed by atoms with Crippen LogP contribution >= 0.6 is 0 Å². The van der Waals surface area contributed by atoms with Crippen molar-refractivity contribution < 1.29 is 8.42 Å². The average Bonchev–Trinajstić information content (AvgIpc) is 2.48. The van der Waals surface area contributed by atoms with Crippen LogP contribution in [0.4, 0.5) is 0 Å². The molecule has 0 aliphatic heterocycles. The van der Waals surface area contributed by atoms with Crippen LogP contribution in [0.3, 0.4) is 0 Å². The summed E-state index contributed by atoms with van der Waals surface area (Å²) in [6, 6.07) is 7.00. The van der Waals surface area contributed by atoms with E-state index in [1.54, 1.807) is 25.2 Å². The minimum Gasteiger partial charge on any atom is -0.326 e. The van der Waals surface area contributed by atoms with E-state index in [4.69, 9.17) is 5.73 Å². The maximum absolute atomic E-state index is 12.7. The van der Waals surface area contributed by atoms with Gasteiger partial charge in [-0.1, -0.05) is 37.5 Å². The minimum atomic E-state index is -3.43. The third-order valence-corrected chi connectivity index (χ3v) is 6.04. The Hall–Kier alpha value is -0.910. The number of nitrogens with two attached hydrogens (primary N) is 1. The Kier molecular flexibility index (Phi) is 5.18. The molecule has 0 bridgehead atoms. The van der Waals surface area contributed by atoms with Crippen LogP contribution in [0.15, 0.2) is 29.2 Å². The van der Waals surface area contributed by atoms with Gasteiger partial charge >= 0.3 is 0 Å². The maximum Gasteiger partial charge on any atom is 0.243 e. The van der Waals surface area contributed by atoms with Gasteiger partial charge in [-0.2, -0.15) is 0 Å². The van der Waals surface area contributed by atoms with Crippen LogP contribution in [-0.2, 0) is 16.6 Å². The normalized spacial score (nSPS) is 17.6.